The zero-order valence-electron chi connectivity index (χ0n) is 10.2. The number of aliphatic hydroxyl groups excluding tert-OH is 1. The van der Waals surface area contributed by atoms with Crippen LogP contribution in [0.4, 0.5) is 0 Å². The van der Waals surface area contributed by atoms with Gasteiger partial charge in [0.1, 0.15) is 6.10 Å². The highest BCUT2D eigenvalue weighted by Gasteiger charge is 2.15. The number of aliphatic hydroxyl groups is 1. The van der Waals surface area contributed by atoms with Gasteiger partial charge in [-0.1, -0.05) is 6.07 Å². The molecule has 2 rings (SSSR count). The van der Waals surface area contributed by atoms with Gasteiger partial charge >= 0.3 is 0 Å². The van der Waals surface area contributed by atoms with Crippen molar-refractivity contribution in [2.75, 3.05) is 14.2 Å². The molecule has 0 amide bonds. The highest BCUT2D eigenvalue weighted by Crippen LogP contribution is 2.31. The van der Waals surface area contributed by atoms with Crippen LogP contribution in [0.15, 0.2) is 36.7 Å². The normalized spacial score (nSPS) is 11.9. The fourth-order valence-electron chi connectivity index (χ4n) is 1.62. The summed E-state index contributed by atoms with van der Waals surface area (Å²) in [4.78, 5) is 8.04. The Labute approximate surface area is 105 Å². The van der Waals surface area contributed by atoms with Gasteiger partial charge in [-0.15, -0.1) is 0 Å². The van der Waals surface area contributed by atoms with Gasteiger partial charge in [-0.25, -0.2) is 9.97 Å². The largest absolute Gasteiger partial charge is 0.493 e. The second-order valence-corrected chi connectivity index (χ2v) is 3.62. The molecule has 0 spiro atoms. The average molecular weight is 246 g/mol. The van der Waals surface area contributed by atoms with Crippen LogP contribution in [-0.2, 0) is 0 Å². The predicted octanol–water partition coefficient (Wildman–Crippen LogP) is 1.58. The Balaban J connectivity index is 2.34. The summed E-state index contributed by atoms with van der Waals surface area (Å²) >= 11 is 0. The Morgan fingerprint density at radius 3 is 2.33 bits per heavy atom. The van der Waals surface area contributed by atoms with E-state index in [1.54, 1.807) is 50.9 Å². The summed E-state index contributed by atoms with van der Waals surface area (Å²) in [6.45, 7) is 0. The monoisotopic (exact) mass is 246 g/mol. The van der Waals surface area contributed by atoms with E-state index in [0.29, 0.717) is 22.9 Å². The number of aromatic nitrogens is 2. The highest BCUT2D eigenvalue weighted by molar-refractivity contribution is 5.44. The molecule has 5 heteroatoms. The van der Waals surface area contributed by atoms with Crippen LogP contribution in [0.25, 0.3) is 0 Å². The molecular formula is C13H14N2O3. The maximum atomic E-state index is 10.2. The van der Waals surface area contributed by atoms with Crippen molar-refractivity contribution in [1.82, 2.24) is 9.97 Å². The molecule has 94 valence electrons. The van der Waals surface area contributed by atoms with Crippen LogP contribution in [0.2, 0.25) is 0 Å². The molecular weight excluding hydrogens is 232 g/mol. The topological polar surface area (TPSA) is 64.5 Å². The minimum atomic E-state index is -0.883. The van der Waals surface area contributed by atoms with Crippen LogP contribution >= 0.6 is 0 Å². The first-order valence-electron chi connectivity index (χ1n) is 5.43. The first kappa shape index (κ1) is 12.3. The van der Waals surface area contributed by atoms with Gasteiger partial charge in [-0.2, -0.15) is 0 Å². The Kier molecular flexibility index (Phi) is 3.74. The zero-order valence-corrected chi connectivity index (χ0v) is 10.2. The van der Waals surface area contributed by atoms with Crippen molar-refractivity contribution in [1.29, 1.82) is 0 Å². The van der Waals surface area contributed by atoms with Crippen molar-refractivity contribution >= 4 is 0 Å². The van der Waals surface area contributed by atoms with E-state index < -0.39 is 6.10 Å². The van der Waals surface area contributed by atoms with E-state index in [0.717, 1.165) is 0 Å². The van der Waals surface area contributed by atoms with Crippen LogP contribution in [0.3, 0.4) is 0 Å². The molecule has 1 heterocycles. The molecule has 18 heavy (non-hydrogen) atoms. The van der Waals surface area contributed by atoms with Gasteiger partial charge in [0.05, 0.1) is 14.2 Å². The summed E-state index contributed by atoms with van der Waals surface area (Å²) < 4.78 is 10.3. The number of methoxy groups -OCH3 is 2. The smallest absolute Gasteiger partial charge is 0.161 e. The molecule has 1 aromatic heterocycles. The van der Waals surface area contributed by atoms with Crippen molar-refractivity contribution in [3.05, 3.63) is 48.0 Å². The summed E-state index contributed by atoms with van der Waals surface area (Å²) in [6, 6.07) is 6.90. The molecule has 0 saturated heterocycles. The Bertz CT molecular complexity index is 517. The molecule has 1 N–H and O–H groups in total. The zero-order chi connectivity index (χ0) is 13.0. The standard InChI is InChI=1S/C13H14N2O3/c1-17-10-5-4-9(8-11(10)18-2)12(16)13-14-6-3-7-15-13/h3-8,12,16H,1-2H3. The van der Waals surface area contributed by atoms with Gasteiger partial charge in [-0.3, -0.25) is 0 Å². The van der Waals surface area contributed by atoms with Gasteiger partial charge in [0, 0.05) is 12.4 Å². The summed E-state index contributed by atoms with van der Waals surface area (Å²) in [5.74, 6) is 1.53. The van der Waals surface area contributed by atoms with Gasteiger partial charge in [0.25, 0.3) is 0 Å². The molecule has 1 atom stereocenters. The lowest BCUT2D eigenvalue weighted by molar-refractivity contribution is 0.209. The van der Waals surface area contributed by atoms with Gasteiger partial charge in [0.15, 0.2) is 17.3 Å². The molecule has 0 bridgehead atoms. The number of ether oxygens (including phenoxy) is 2. The van der Waals surface area contributed by atoms with E-state index in [9.17, 15) is 5.11 Å². The maximum absolute atomic E-state index is 10.2. The van der Waals surface area contributed by atoms with Gasteiger partial charge < -0.3 is 14.6 Å². The Morgan fingerprint density at radius 2 is 1.72 bits per heavy atom. The van der Waals surface area contributed by atoms with Crippen LogP contribution < -0.4 is 9.47 Å². The SMILES string of the molecule is COc1ccc(C(O)c2ncccn2)cc1OC. The first-order chi connectivity index (χ1) is 8.76. The van der Waals surface area contributed by atoms with Crippen LogP contribution in [0.1, 0.15) is 17.5 Å². The number of benzene rings is 1. The molecule has 2 aromatic rings. The quantitative estimate of drug-likeness (QED) is 0.887. The third kappa shape index (κ3) is 2.41. The fraction of sp³-hybridized carbons (Fsp3) is 0.231. The molecule has 5 nitrogen and oxygen atoms in total. The minimum Gasteiger partial charge on any atom is -0.493 e. The van der Waals surface area contributed by atoms with E-state index >= 15 is 0 Å². The molecule has 0 aliphatic carbocycles. The Hall–Kier alpha value is -2.14. The molecule has 0 aliphatic rings. The van der Waals surface area contributed by atoms with Gasteiger partial charge in [-0.05, 0) is 23.8 Å². The third-order valence-electron chi connectivity index (χ3n) is 2.55. The lowest BCUT2D eigenvalue weighted by Gasteiger charge is -2.13. The molecule has 0 fully saturated rings. The van der Waals surface area contributed by atoms with Gasteiger partial charge in [0.2, 0.25) is 0 Å². The number of hydrogen-bond acceptors (Lipinski definition) is 5. The Morgan fingerprint density at radius 1 is 1.06 bits per heavy atom. The summed E-state index contributed by atoms with van der Waals surface area (Å²) in [5.41, 5.74) is 0.652. The predicted molar refractivity (Wildman–Crippen MR) is 65.6 cm³/mol. The van der Waals surface area contributed by atoms with E-state index in [1.807, 2.05) is 0 Å². The fourth-order valence-corrected chi connectivity index (χ4v) is 1.62. The summed E-state index contributed by atoms with van der Waals surface area (Å²) in [7, 11) is 3.11. The van der Waals surface area contributed by atoms with E-state index in [-0.39, 0.29) is 0 Å². The molecule has 1 aromatic carbocycles. The number of nitrogens with zero attached hydrogens (tertiary/aromatic N) is 2. The lowest BCUT2D eigenvalue weighted by atomic mass is 10.1. The summed E-state index contributed by atoms with van der Waals surface area (Å²) in [5, 5.41) is 10.2. The van der Waals surface area contributed by atoms with Crippen molar-refractivity contribution < 1.29 is 14.6 Å². The second-order valence-electron chi connectivity index (χ2n) is 3.62. The van der Waals surface area contributed by atoms with E-state index in [1.165, 1.54) is 0 Å². The van der Waals surface area contributed by atoms with Crippen molar-refractivity contribution in [3.63, 3.8) is 0 Å². The highest BCUT2D eigenvalue weighted by atomic mass is 16.5. The minimum absolute atomic E-state index is 0.352. The molecule has 0 aliphatic heterocycles. The van der Waals surface area contributed by atoms with E-state index in [2.05, 4.69) is 9.97 Å². The number of hydrogen-bond donors (Lipinski definition) is 1. The van der Waals surface area contributed by atoms with Crippen LogP contribution in [-0.4, -0.2) is 29.3 Å². The van der Waals surface area contributed by atoms with Crippen molar-refractivity contribution in [2.24, 2.45) is 0 Å². The molecule has 1 unspecified atom stereocenters. The second kappa shape index (κ2) is 5.46. The van der Waals surface area contributed by atoms with E-state index in [4.69, 9.17) is 9.47 Å². The maximum Gasteiger partial charge on any atom is 0.161 e. The number of rotatable bonds is 4. The molecule has 0 saturated carbocycles. The lowest BCUT2D eigenvalue weighted by Crippen LogP contribution is -2.05. The summed E-state index contributed by atoms with van der Waals surface area (Å²) in [6.07, 6.45) is 2.30. The van der Waals surface area contributed by atoms with Crippen molar-refractivity contribution in [3.8, 4) is 11.5 Å². The molecule has 0 radical (unpaired) electrons. The third-order valence-corrected chi connectivity index (χ3v) is 2.55. The van der Waals surface area contributed by atoms with Crippen molar-refractivity contribution in [2.45, 2.75) is 6.10 Å². The average Bonchev–Trinajstić information content (AvgIpc) is 2.46. The van der Waals surface area contributed by atoms with Crippen LogP contribution in [0.5, 0.6) is 11.5 Å². The van der Waals surface area contributed by atoms with Crippen LogP contribution in [0, 0.1) is 0 Å². The first-order valence-corrected chi connectivity index (χ1v) is 5.43.